The molecule has 2 aliphatic heterocycles. The Morgan fingerprint density at radius 2 is 2.41 bits per heavy atom. The van der Waals surface area contributed by atoms with Gasteiger partial charge >= 0.3 is 5.97 Å². The van der Waals surface area contributed by atoms with Gasteiger partial charge in [-0.1, -0.05) is 0 Å². The highest BCUT2D eigenvalue weighted by molar-refractivity contribution is 8.00. The highest BCUT2D eigenvalue weighted by Gasteiger charge is 2.50. The number of thioether (sulfide) groups is 1. The lowest BCUT2D eigenvalue weighted by molar-refractivity contribution is -0.140. The minimum atomic E-state index is -0.565. The van der Waals surface area contributed by atoms with Gasteiger partial charge in [0.15, 0.2) is 6.29 Å². The number of allylic oxidation sites excluding steroid dienone is 1. The molecule has 2 rings (SSSR count). The molecule has 0 aromatic rings. The van der Waals surface area contributed by atoms with Crippen molar-refractivity contribution in [1.29, 1.82) is 0 Å². The minimum Gasteiger partial charge on any atom is -0.461 e. The fourth-order valence-corrected chi connectivity index (χ4v) is 3.41. The van der Waals surface area contributed by atoms with Crippen molar-refractivity contribution in [2.75, 3.05) is 12.4 Å². The minimum absolute atomic E-state index is 0.0415. The molecule has 2 heterocycles. The second-order valence-electron chi connectivity index (χ2n) is 3.70. The highest BCUT2D eigenvalue weighted by Crippen LogP contribution is 2.41. The monoisotopic (exact) mass is 275 g/mol. The number of alkyl halides is 1. The molecule has 0 aromatic heterocycles. The quantitative estimate of drug-likeness (QED) is 0.325. The molecule has 0 N–H and O–H groups in total. The molecule has 5 nitrogen and oxygen atoms in total. The zero-order valence-electron chi connectivity index (χ0n) is 9.01. The van der Waals surface area contributed by atoms with E-state index in [1.165, 1.54) is 23.6 Å². The van der Waals surface area contributed by atoms with Gasteiger partial charge in [0.1, 0.15) is 17.4 Å². The molecule has 0 bridgehead atoms. The molecule has 0 spiro atoms. The van der Waals surface area contributed by atoms with E-state index in [1.807, 2.05) is 0 Å². The van der Waals surface area contributed by atoms with Crippen LogP contribution in [-0.2, 0) is 19.1 Å². The van der Waals surface area contributed by atoms with Crippen LogP contribution in [0.3, 0.4) is 0 Å². The summed E-state index contributed by atoms with van der Waals surface area (Å²) in [7, 11) is 0. The van der Waals surface area contributed by atoms with Crippen LogP contribution >= 0.6 is 23.4 Å². The average Bonchev–Trinajstić information content (AvgIpc) is 2.33. The number of ether oxygens (including phenoxy) is 1. The second-order valence-corrected chi connectivity index (χ2v) is 5.27. The smallest absolute Gasteiger partial charge is 0.302 e. The number of nitrogens with zero attached hydrogens (tertiary/aromatic N) is 1. The van der Waals surface area contributed by atoms with Gasteiger partial charge in [0.25, 0.3) is 0 Å². The average molecular weight is 276 g/mol. The van der Waals surface area contributed by atoms with Gasteiger partial charge in [-0.2, -0.15) is 0 Å². The molecule has 0 radical (unpaired) electrons. The Kier molecular flexibility index (Phi) is 3.44. The van der Waals surface area contributed by atoms with Crippen molar-refractivity contribution in [2.45, 2.75) is 17.7 Å². The molecule has 0 unspecified atom stereocenters. The van der Waals surface area contributed by atoms with Crippen molar-refractivity contribution in [3.63, 3.8) is 0 Å². The van der Waals surface area contributed by atoms with Gasteiger partial charge in [-0.15, -0.1) is 23.4 Å². The number of aldehydes is 1. The van der Waals surface area contributed by atoms with Crippen molar-refractivity contribution < 1.29 is 19.1 Å². The lowest BCUT2D eigenvalue weighted by Crippen LogP contribution is -2.62. The Bertz CT molecular complexity index is 423. The fourth-order valence-electron chi connectivity index (χ4n) is 1.72. The number of carbonyl (C=O) groups excluding carboxylic acids is 3. The molecule has 0 saturated carbocycles. The normalized spacial score (nSPS) is 27.4. The summed E-state index contributed by atoms with van der Waals surface area (Å²) >= 11 is 7.30. The van der Waals surface area contributed by atoms with E-state index in [2.05, 4.69) is 0 Å². The Morgan fingerprint density at radius 1 is 1.71 bits per heavy atom. The lowest BCUT2D eigenvalue weighted by Gasteiger charge is -2.46. The van der Waals surface area contributed by atoms with E-state index in [4.69, 9.17) is 16.3 Å². The number of esters is 1. The third-order valence-electron chi connectivity index (χ3n) is 2.59. The number of halogens is 1. The van der Waals surface area contributed by atoms with Gasteiger partial charge in [0.2, 0.25) is 5.91 Å². The maximum atomic E-state index is 11.5. The van der Waals surface area contributed by atoms with Crippen LogP contribution < -0.4 is 0 Å². The van der Waals surface area contributed by atoms with E-state index in [9.17, 15) is 14.4 Å². The third-order valence-corrected chi connectivity index (χ3v) is 4.50. The standard InChI is InChI=1S/C10H10ClNO4S/c1-5(14)16-3-6-4-17-10-8(11)9(15)12(10)7(6)2-13/h2,8,10H,3-4H2,1H3/t8-,10-/m0/s1. The second kappa shape index (κ2) is 4.70. The van der Waals surface area contributed by atoms with E-state index in [-0.39, 0.29) is 23.6 Å². The fraction of sp³-hybridized carbons (Fsp3) is 0.500. The number of rotatable bonds is 3. The van der Waals surface area contributed by atoms with E-state index < -0.39 is 11.3 Å². The zero-order chi connectivity index (χ0) is 12.6. The molecule has 2 aliphatic rings. The molecule has 7 heteroatoms. The maximum absolute atomic E-state index is 11.5. The topological polar surface area (TPSA) is 63.7 Å². The van der Waals surface area contributed by atoms with Crippen LogP contribution in [0.25, 0.3) is 0 Å². The van der Waals surface area contributed by atoms with Gasteiger partial charge in [-0.25, -0.2) is 0 Å². The van der Waals surface area contributed by atoms with Crippen LogP contribution in [0.1, 0.15) is 6.92 Å². The Morgan fingerprint density at radius 3 is 3.00 bits per heavy atom. The summed E-state index contributed by atoms with van der Waals surface area (Å²) in [5.41, 5.74) is 0.935. The summed E-state index contributed by atoms with van der Waals surface area (Å²) in [6.07, 6.45) is 0.617. The summed E-state index contributed by atoms with van der Waals surface area (Å²) in [6, 6.07) is 0. The van der Waals surface area contributed by atoms with Crippen molar-refractivity contribution in [1.82, 2.24) is 4.90 Å². The van der Waals surface area contributed by atoms with Crippen LogP contribution in [0.4, 0.5) is 0 Å². The number of amides is 1. The predicted octanol–water partition coefficient (Wildman–Crippen LogP) is 0.525. The highest BCUT2D eigenvalue weighted by atomic mass is 35.5. The van der Waals surface area contributed by atoms with Gasteiger partial charge in [-0.3, -0.25) is 19.3 Å². The van der Waals surface area contributed by atoms with Gasteiger partial charge in [0, 0.05) is 18.2 Å². The van der Waals surface area contributed by atoms with E-state index in [0.717, 1.165) is 0 Å². The van der Waals surface area contributed by atoms with E-state index in [1.54, 1.807) is 0 Å². The number of hydrogen-bond donors (Lipinski definition) is 0. The molecular weight excluding hydrogens is 266 g/mol. The number of carbonyl (C=O) groups is 3. The largest absolute Gasteiger partial charge is 0.461 e. The van der Waals surface area contributed by atoms with Crippen LogP contribution in [-0.4, -0.2) is 46.2 Å². The van der Waals surface area contributed by atoms with Crippen molar-refractivity contribution in [3.8, 4) is 0 Å². The zero-order valence-corrected chi connectivity index (χ0v) is 10.6. The molecule has 0 aliphatic carbocycles. The first-order valence-corrected chi connectivity index (χ1v) is 6.44. The summed E-state index contributed by atoms with van der Waals surface area (Å²) < 4.78 is 4.84. The van der Waals surface area contributed by atoms with Gasteiger partial charge in [0.05, 0.1) is 5.70 Å². The number of β-lactam (4-membered cyclic amide) rings is 1. The third kappa shape index (κ3) is 2.07. The summed E-state index contributed by atoms with van der Waals surface area (Å²) in [6.45, 7) is 1.34. The number of hydrogen-bond acceptors (Lipinski definition) is 5. The number of fused-ring (bicyclic) bond motifs is 1. The molecule has 0 aromatic carbocycles. The van der Waals surface area contributed by atoms with Crippen LogP contribution in [0.2, 0.25) is 0 Å². The molecule has 1 saturated heterocycles. The Hall–Kier alpha value is -1.01. The Balaban J connectivity index is 2.18. The van der Waals surface area contributed by atoms with Crippen molar-refractivity contribution in [2.24, 2.45) is 0 Å². The first-order chi connectivity index (χ1) is 8.06. The lowest BCUT2D eigenvalue weighted by atomic mass is 10.1. The van der Waals surface area contributed by atoms with Crippen LogP contribution in [0.5, 0.6) is 0 Å². The summed E-state index contributed by atoms with van der Waals surface area (Å²) in [5, 5.41) is -0.740. The summed E-state index contributed by atoms with van der Waals surface area (Å²) in [5.74, 6) is -0.148. The molecule has 92 valence electrons. The van der Waals surface area contributed by atoms with Crippen LogP contribution in [0, 0.1) is 0 Å². The predicted molar refractivity (Wildman–Crippen MR) is 62.5 cm³/mol. The first-order valence-electron chi connectivity index (χ1n) is 4.95. The Labute approximate surface area is 107 Å². The van der Waals surface area contributed by atoms with Gasteiger partial charge < -0.3 is 4.74 Å². The van der Waals surface area contributed by atoms with Gasteiger partial charge in [-0.05, 0) is 0 Å². The first kappa shape index (κ1) is 12.4. The van der Waals surface area contributed by atoms with Crippen molar-refractivity contribution in [3.05, 3.63) is 11.3 Å². The summed E-state index contributed by atoms with van der Waals surface area (Å²) in [4.78, 5) is 34.6. The molecule has 2 atom stereocenters. The molecule has 1 amide bonds. The SMILES string of the molecule is CC(=O)OCC1=C(C=O)N2C(=O)[C@H](Cl)[C@@H]2SC1. The van der Waals surface area contributed by atoms with Crippen LogP contribution in [0.15, 0.2) is 11.3 Å². The molecular formula is C10H10ClNO4S. The molecule has 1 fully saturated rings. The van der Waals surface area contributed by atoms with E-state index >= 15 is 0 Å². The van der Waals surface area contributed by atoms with E-state index in [0.29, 0.717) is 17.6 Å². The van der Waals surface area contributed by atoms with Crippen molar-refractivity contribution >= 4 is 41.5 Å². The maximum Gasteiger partial charge on any atom is 0.302 e. The molecule has 17 heavy (non-hydrogen) atoms.